The van der Waals surface area contributed by atoms with Crippen LogP contribution in [-0.4, -0.2) is 49.4 Å². The maximum Gasteiger partial charge on any atom is 0.244 e. The Morgan fingerprint density at radius 2 is 2.19 bits per heavy atom. The average Bonchev–Trinajstić information content (AvgIpc) is 2.65. The molecule has 0 radical (unpaired) electrons. The van der Waals surface area contributed by atoms with Gasteiger partial charge in [0.15, 0.2) is 0 Å². The fraction of sp³-hybridized carbons (Fsp3) is 0.556. The summed E-state index contributed by atoms with van der Waals surface area (Å²) < 4.78 is 12.6. The summed E-state index contributed by atoms with van der Waals surface area (Å²) in [5.74, 6) is 1.56. The lowest BCUT2D eigenvalue weighted by Crippen LogP contribution is -2.43. The summed E-state index contributed by atoms with van der Waals surface area (Å²) in [6.45, 7) is 1.34. The van der Waals surface area contributed by atoms with E-state index in [1.165, 1.54) is 4.68 Å². The Balaban J connectivity index is 1.91. The molecule has 0 saturated carbocycles. The van der Waals surface area contributed by atoms with Crippen molar-refractivity contribution in [1.29, 1.82) is 0 Å². The number of aromatic nitrogens is 2. The molecule has 0 spiro atoms. The fourth-order valence-corrected chi connectivity index (χ4v) is 2.64. The van der Waals surface area contributed by atoms with E-state index in [-0.39, 0.29) is 12.5 Å². The molecule has 1 fully saturated rings. The summed E-state index contributed by atoms with van der Waals surface area (Å²) in [7, 11) is -0.756. The maximum atomic E-state index is 11.8. The fourth-order valence-electron chi connectivity index (χ4n) is 1.59. The van der Waals surface area contributed by atoms with Crippen molar-refractivity contribution in [2.75, 3.05) is 30.3 Å². The van der Waals surface area contributed by atoms with E-state index in [0.29, 0.717) is 30.4 Å². The molecule has 0 aliphatic carbocycles. The van der Waals surface area contributed by atoms with Crippen LogP contribution in [0.25, 0.3) is 0 Å². The van der Waals surface area contributed by atoms with Crippen molar-refractivity contribution in [2.24, 2.45) is 0 Å². The van der Waals surface area contributed by atoms with Crippen molar-refractivity contribution in [1.82, 2.24) is 14.7 Å². The monoisotopic (exact) mass is 242 g/mol. The number of nitrogen functional groups attached to an aromatic ring is 1. The third-order valence-corrected chi connectivity index (χ3v) is 3.76. The maximum absolute atomic E-state index is 11.8. The molecule has 88 valence electrons. The molecule has 2 rings (SSSR count). The quantitative estimate of drug-likeness (QED) is 0.725. The number of carbonyl (C=O) groups is 1. The van der Waals surface area contributed by atoms with E-state index in [1.807, 2.05) is 0 Å². The Kier molecular flexibility index (Phi) is 3.23. The molecule has 0 atom stereocenters. The van der Waals surface area contributed by atoms with E-state index in [0.717, 1.165) is 0 Å². The molecule has 16 heavy (non-hydrogen) atoms. The van der Waals surface area contributed by atoms with Gasteiger partial charge in [-0.25, -0.2) is 0 Å². The van der Waals surface area contributed by atoms with E-state index in [4.69, 9.17) is 5.73 Å². The number of anilines is 1. The third kappa shape index (κ3) is 2.60. The van der Waals surface area contributed by atoms with Crippen LogP contribution in [0.3, 0.4) is 0 Å². The first-order valence-corrected chi connectivity index (χ1v) is 6.55. The topological polar surface area (TPSA) is 81.2 Å². The van der Waals surface area contributed by atoms with Gasteiger partial charge in [0.05, 0.1) is 0 Å². The Morgan fingerprint density at radius 3 is 2.75 bits per heavy atom. The zero-order chi connectivity index (χ0) is 11.5. The second-order valence-corrected chi connectivity index (χ2v) is 5.36. The number of nitrogens with two attached hydrogens (primary N) is 1. The van der Waals surface area contributed by atoms with Crippen molar-refractivity contribution in [3.05, 3.63) is 12.3 Å². The first-order valence-electron chi connectivity index (χ1n) is 5.07. The van der Waals surface area contributed by atoms with Crippen LogP contribution in [0.5, 0.6) is 0 Å². The van der Waals surface area contributed by atoms with Crippen LogP contribution >= 0.6 is 0 Å². The van der Waals surface area contributed by atoms with Gasteiger partial charge in [0.1, 0.15) is 12.4 Å². The normalized spacial score (nSPS) is 17.6. The van der Waals surface area contributed by atoms with Crippen molar-refractivity contribution in [3.8, 4) is 0 Å². The minimum Gasteiger partial charge on any atom is -0.382 e. The Bertz CT molecular complexity index is 407. The molecule has 0 unspecified atom stereocenters. The molecule has 1 saturated heterocycles. The Hall–Kier alpha value is -1.37. The molecule has 1 aliphatic rings. The second-order valence-electron chi connectivity index (χ2n) is 3.67. The highest BCUT2D eigenvalue weighted by molar-refractivity contribution is 7.85. The molecule has 0 aromatic carbocycles. The molecule has 1 aromatic heterocycles. The lowest BCUT2D eigenvalue weighted by molar-refractivity contribution is -0.131. The average molecular weight is 242 g/mol. The first-order chi connectivity index (χ1) is 7.65. The summed E-state index contributed by atoms with van der Waals surface area (Å²) >= 11 is 0. The van der Waals surface area contributed by atoms with Crippen LogP contribution in [0.2, 0.25) is 0 Å². The highest BCUT2D eigenvalue weighted by Crippen LogP contribution is 2.03. The summed E-state index contributed by atoms with van der Waals surface area (Å²) in [6.07, 6.45) is 1.68. The largest absolute Gasteiger partial charge is 0.382 e. The number of amides is 1. The van der Waals surface area contributed by atoms with Crippen LogP contribution in [0, 0.1) is 0 Å². The molecule has 7 heteroatoms. The van der Waals surface area contributed by atoms with Crippen molar-refractivity contribution >= 4 is 22.5 Å². The summed E-state index contributed by atoms with van der Waals surface area (Å²) in [6, 6.07) is 1.65. The Labute approximate surface area is 95.9 Å². The van der Waals surface area contributed by atoms with Gasteiger partial charge >= 0.3 is 0 Å². The van der Waals surface area contributed by atoms with Crippen LogP contribution in [-0.2, 0) is 22.1 Å². The van der Waals surface area contributed by atoms with Gasteiger partial charge in [0.2, 0.25) is 5.91 Å². The number of nitrogens with zero attached hydrogens (tertiary/aromatic N) is 3. The summed E-state index contributed by atoms with van der Waals surface area (Å²) in [4.78, 5) is 13.5. The van der Waals surface area contributed by atoms with Gasteiger partial charge in [0.25, 0.3) is 0 Å². The van der Waals surface area contributed by atoms with E-state index < -0.39 is 10.8 Å². The predicted octanol–water partition coefficient (Wildman–Crippen LogP) is -0.944. The number of rotatable bonds is 2. The molecular weight excluding hydrogens is 228 g/mol. The van der Waals surface area contributed by atoms with Crippen molar-refractivity contribution < 1.29 is 9.00 Å². The standard InChI is InChI=1S/C9H14N4O2S/c10-8-1-2-13(11-8)7-9(14)12-3-5-16(15)6-4-12/h1-2H,3-7H2,(H2,10,11). The summed E-state index contributed by atoms with van der Waals surface area (Å²) in [5.41, 5.74) is 5.45. The molecule has 6 nitrogen and oxygen atoms in total. The minimum absolute atomic E-state index is 0.000185. The highest BCUT2D eigenvalue weighted by Gasteiger charge is 2.20. The molecule has 0 bridgehead atoms. The van der Waals surface area contributed by atoms with Crippen molar-refractivity contribution in [2.45, 2.75) is 6.54 Å². The predicted molar refractivity (Wildman–Crippen MR) is 61.1 cm³/mol. The van der Waals surface area contributed by atoms with Gasteiger partial charge in [-0.05, 0) is 6.07 Å². The minimum atomic E-state index is -0.756. The zero-order valence-electron chi connectivity index (χ0n) is 8.83. The molecular formula is C9H14N4O2S. The summed E-state index contributed by atoms with van der Waals surface area (Å²) in [5, 5.41) is 3.95. The van der Waals surface area contributed by atoms with Gasteiger partial charge in [-0.2, -0.15) is 5.10 Å². The van der Waals surface area contributed by atoms with E-state index in [2.05, 4.69) is 5.10 Å². The number of hydrogen-bond acceptors (Lipinski definition) is 4. The molecule has 1 aliphatic heterocycles. The number of hydrogen-bond donors (Lipinski definition) is 1. The van der Waals surface area contributed by atoms with Gasteiger partial charge in [0, 0.05) is 41.6 Å². The third-order valence-electron chi connectivity index (χ3n) is 2.49. The van der Waals surface area contributed by atoms with Crippen LogP contribution in [0.1, 0.15) is 0 Å². The molecule has 1 amide bonds. The van der Waals surface area contributed by atoms with Gasteiger partial charge in [-0.1, -0.05) is 0 Å². The lowest BCUT2D eigenvalue weighted by Gasteiger charge is -2.26. The SMILES string of the molecule is Nc1ccn(CC(=O)N2CCS(=O)CC2)n1. The van der Waals surface area contributed by atoms with E-state index >= 15 is 0 Å². The number of carbonyl (C=O) groups excluding carboxylic acids is 1. The molecule has 1 aromatic rings. The highest BCUT2D eigenvalue weighted by atomic mass is 32.2. The van der Waals surface area contributed by atoms with Crippen LogP contribution < -0.4 is 5.73 Å². The Morgan fingerprint density at radius 1 is 1.50 bits per heavy atom. The lowest BCUT2D eigenvalue weighted by atomic mass is 10.4. The first kappa shape index (κ1) is 11.1. The smallest absolute Gasteiger partial charge is 0.244 e. The van der Waals surface area contributed by atoms with Gasteiger partial charge in [-0.15, -0.1) is 0 Å². The zero-order valence-corrected chi connectivity index (χ0v) is 9.65. The van der Waals surface area contributed by atoms with Crippen LogP contribution in [0.4, 0.5) is 5.82 Å². The second kappa shape index (κ2) is 4.65. The van der Waals surface area contributed by atoms with Crippen LogP contribution in [0.15, 0.2) is 12.3 Å². The van der Waals surface area contributed by atoms with Gasteiger partial charge in [-0.3, -0.25) is 13.7 Å². The molecule has 2 heterocycles. The molecule has 2 N–H and O–H groups in total. The van der Waals surface area contributed by atoms with E-state index in [9.17, 15) is 9.00 Å². The van der Waals surface area contributed by atoms with Gasteiger partial charge < -0.3 is 10.6 Å². The van der Waals surface area contributed by atoms with E-state index in [1.54, 1.807) is 17.2 Å². The van der Waals surface area contributed by atoms with Crippen molar-refractivity contribution in [3.63, 3.8) is 0 Å².